The predicted molar refractivity (Wildman–Crippen MR) is 92.1 cm³/mol. The Morgan fingerprint density at radius 2 is 1.46 bits per heavy atom. The molecule has 1 aliphatic rings. The zero-order chi connectivity index (χ0) is 17.1. The van der Waals surface area contributed by atoms with Crippen molar-refractivity contribution in [2.24, 2.45) is 0 Å². The molecule has 3 rings (SSSR count). The van der Waals surface area contributed by atoms with Crippen molar-refractivity contribution >= 4 is 29.2 Å². The molecule has 0 amide bonds. The molecule has 2 aromatic rings. The van der Waals surface area contributed by atoms with E-state index in [1.807, 2.05) is 48.6 Å². The first-order valence-corrected chi connectivity index (χ1v) is 7.44. The first kappa shape index (κ1) is 15.7. The SMILES string of the molecule is COC(=O)C1=CC(=Cc2ccc(C(=O)OC)cc2)c2ccccc21. The highest BCUT2D eigenvalue weighted by atomic mass is 16.5. The molecule has 4 heteroatoms. The van der Waals surface area contributed by atoms with E-state index in [1.54, 1.807) is 12.1 Å². The smallest absolute Gasteiger partial charge is 0.338 e. The summed E-state index contributed by atoms with van der Waals surface area (Å²) in [5.41, 5.74) is 4.74. The van der Waals surface area contributed by atoms with E-state index in [1.165, 1.54) is 14.2 Å². The van der Waals surface area contributed by atoms with Crippen LogP contribution in [0.4, 0.5) is 0 Å². The Balaban J connectivity index is 1.99. The molecule has 4 nitrogen and oxygen atoms in total. The van der Waals surface area contributed by atoms with Gasteiger partial charge in [0.25, 0.3) is 0 Å². The van der Waals surface area contributed by atoms with Gasteiger partial charge in [-0.05, 0) is 46.5 Å². The number of allylic oxidation sites excluding steroid dienone is 2. The minimum Gasteiger partial charge on any atom is -0.465 e. The number of ether oxygens (including phenoxy) is 2. The molecule has 0 saturated carbocycles. The molecule has 1 aliphatic carbocycles. The number of hydrogen-bond donors (Lipinski definition) is 0. The van der Waals surface area contributed by atoms with Crippen LogP contribution in [0.3, 0.4) is 0 Å². The standard InChI is InChI=1S/C20H16O4/c1-23-19(21)14-9-7-13(8-10-14)11-15-12-18(20(22)24-2)17-6-4-3-5-16(15)17/h3-12H,1-2H3. The maximum Gasteiger partial charge on any atom is 0.338 e. The van der Waals surface area contributed by atoms with E-state index >= 15 is 0 Å². The van der Waals surface area contributed by atoms with E-state index < -0.39 is 0 Å². The van der Waals surface area contributed by atoms with Crippen LogP contribution in [-0.4, -0.2) is 26.2 Å². The Morgan fingerprint density at radius 1 is 0.833 bits per heavy atom. The molecule has 0 N–H and O–H groups in total. The monoisotopic (exact) mass is 320 g/mol. The van der Waals surface area contributed by atoms with Gasteiger partial charge in [-0.1, -0.05) is 36.4 Å². The van der Waals surface area contributed by atoms with Crippen LogP contribution in [0.15, 0.2) is 54.6 Å². The van der Waals surface area contributed by atoms with Gasteiger partial charge in [-0.15, -0.1) is 0 Å². The molecule has 0 unspecified atom stereocenters. The quantitative estimate of drug-likeness (QED) is 0.811. The molecule has 0 aliphatic heterocycles. The normalized spacial score (nSPS) is 14.1. The van der Waals surface area contributed by atoms with E-state index in [0.29, 0.717) is 11.1 Å². The number of esters is 2. The number of methoxy groups -OCH3 is 2. The summed E-state index contributed by atoms with van der Waals surface area (Å²) in [4.78, 5) is 23.4. The van der Waals surface area contributed by atoms with Gasteiger partial charge < -0.3 is 9.47 Å². The second kappa shape index (κ2) is 6.54. The van der Waals surface area contributed by atoms with E-state index in [4.69, 9.17) is 9.47 Å². The highest BCUT2D eigenvalue weighted by Gasteiger charge is 2.23. The first-order chi connectivity index (χ1) is 11.6. The Morgan fingerprint density at radius 3 is 2.08 bits per heavy atom. The lowest BCUT2D eigenvalue weighted by molar-refractivity contribution is -0.133. The molecule has 0 heterocycles. The molecular weight excluding hydrogens is 304 g/mol. The summed E-state index contributed by atoms with van der Waals surface area (Å²) < 4.78 is 9.55. The summed E-state index contributed by atoms with van der Waals surface area (Å²) >= 11 is 0. The van der Waals surface area contributed by atoms with Gasteiger partial charge >= 0.3 is 11.9 Å². The van der Waals surface area contributed by atoms with E-state index in [-0.39, 0.29) is 11.9 Å². The van der Waals surface area contributed by atoms with Crippen molar-refractivity contribution in [3.63, 3.8) is 0 Å². The highest BCUT2D eigenvalue weighted by molar-refractivity contribution is 6.24. The molecule has 0 bridgehead atoms. The summed E-state index contributed by atoms with van der Waals surface area (Å²) in [6, 6.07) is 14.8. The molecule has 0 saturated heterocycles. The van der Waals surface area contributed by atoms with Crippen LogP contribution in [0.2, 0.25) is 0 Å². The van der Waals surface area contributed by atoms with Crippen molar-refractivity contribution < 1.29 is 19.1 Å². The lowest BCUT2D eigenvalue weighted by Gasteiger charge is -2.04. The summed E-state index contributed by atoms with van der Waals surface area (Å²) in [6.07, 6.45) is 3.79. The predicted octanol–water partition coefficient (Wildman–Crippen LogP) is 3.58. The van der Waals surface area contributed by atoms with Crippen LogP contribution < -0.4 is 0 Å². The Labute approximate surface area is 140 Å². The average molecular weight is 320 g/mol. The summed E-state index contributed by atoms with van der Waals surface area (Å²) in [7, 11) is 2.73. The zero-order valence-corrected chi connectivity index (χ0v) is 13.4. The Kier molecular flexibility index (Phi) is 4.29. The molecule has 0 radical (unpaired) electrons. The fraction of sp³-hybridized carbons (Fsp3) is 0.100. The average Bonchev–Trinajstić information content (AvgIpc) is 3.00. The number of rotatable bonds is 3. The third-order valence-corrected chi connectivity index (χ3v) is 3.89. The molecule has 2 aromatic carbocycles. The highest BCUT2D eigenvalue weighted by Crippen LogP contribution is 2.36. The number of carbonyl (C=O) groups is 2. The van der Waals surface area contributed by atoms with Gasteiger partial charge in [-0.25, -0.2) is 9.59 Å². The van der Waals surface area contributed by atoms with Crippen LogP contribution in [0.25, 0.3) is 17.2 Å². The van der Waals surface area contributed by atoms with E-state index in [2.05, 4.69) is 0 Å². The molecule has 0 aromatic heterocycles. The number of benzene rings is 2. The van der Waals surface area contributed by atoms with Crippen molar-refractivity contribution in [3.8, 4) is 0 Å². The fourth-order valence-corrected chi connectivity index (χ4v) is 2.69. The van der Waals surface area contributed by atoms with Crippen LogP contribution in [0.5, 0.6) is 0 Å². The van der Waals surface area contributed by atoms with Gasteiger partial charge in [-0.3, -0.25) is 0 Å². The van der Waals surface area contributed by atoms with Gasteiger partial charge in [0.05, 0.1) is 25.4 Å². The summed E-state index contributed by atoms with van der Waals surface area (Å²) in [6.45, 7) is 0. The van der Waals surface area contributed by atoms with Crippen molar-refractivity contribution in [1.82, 2.24) is 0 Å². The molecule has 0 fully saturated rings. The first-order valence-electron chi connectivity index (χ1n) is 7.44. The maximum absolute atomic E-state index is 12.0. The largest absolute Gasteiger partial charge is 0.465 e. The van der Waals surface area contributed by atoms with Crippen molar-refractivity contribution in [2.45, 2.75) is 0 Å². The third-order valence-electron chi connectivity index (χ3n) is 3.89. The Bertz CT molecular complexity index is 857. The number of hydrogen-bond acceptors (Lipinski definition) is 4. The van der Waals surface area contributed by atoms with Gasteiger partial charge in [0.15, 0.2) is 0 Å². The Hall–Kier alpha value is -3.14. The van der Waals surface area contributed by atoms with Gasteiger partial charge in [0.1, 0.15) is 0 Å². The fourth-order valence-electron chi connectivity index (χ4n) is 2.69. The lowest BCUT2D eigenvalue weighted by Crippen LogP contribution is -2.02. The van der Waals surface area contributed by atoms with Crippen LogP contribution in [0, 0.1) is 0 Å². The number of fused-ring (bicyclic) bond motifs is 1. The molecular formula is C20H16O4. The van der Waals surface area contributed by atoms with Gasteiger partial charge in [-0.2, -0.15) is 0 Å². The molecule has 0 atom stereocenters. The minimum atomic E-state index is -0.367. The van der Waals surface area contributed by atoms with Crippen LogP contribution >= 0.6 is 0 Å². The van der Waals surface area contributed by atoms with Gasteiger partial charge in [0.2, 0.25) is 0 Å². The van der Waals surface area contributed by atoms with E-state index in [0.717, 1.165) is 22.3 Å². The van der Waals surface area contributed by atoms with E-state index in [9.17, 15) is 9.59 Å². The second-order valence-corrected chi connectivity index (χ2v) is 5.31. The van der Waals surface area contributed by atoms with Crippen molar-refractivity contribution in [3.05, 3.63) is 76.9 Å². The summed E-state index contributed by atoms with van der Waals surface area (Å²) in [5.74, 6) is -0.722. The lowest BCUT2D eigenvalue weighted by atomic mass is 10.0. The van der Waals surface area contributed by atoms with Crippen molar-refractivity contribution in [2.75, 3.05) is 14.2 Å². The zero-order valence-electron chi connectivity index (χ0n) is 13.4. The van der Waals surface area contributed by atoms with Crippen LogP contribution in [0.1, 0.15) is 27.0 Å². The number of carbonyl (C=O) groups excluding carboxylic acids is 2. The second-order valence-electron chi connectivity index (χ2n) is 5.31. The molecule has 0 spiro atoms. The van der Waals surface area contributed by atoms with Crippen LogP contribution in [-0.2, 0) is 14.3 Å². The summed E-state index contributed by atoms with van der Waals surface area (Å²) in [5, 5.41) is 0. The third kappa shape index (κ3) is 2.86. The topological polar surface area (TPSA) is 52.6 Å². The minimum absolute atomic E-state index is 0.355. The molecule has 120 valence electrons. The maximum atomic E-state index is 12.0. The van der Waals surface area contributed by atoms with Crippen molar-refractivity contribution in [1.29, 1.82) is 0 Å². The van der Waals surface area contributed by atoms with Gasteiger partial charge in [0, 0.05) is 0 Å². The molecule has 24 heavy (non-hydrogen) atoms.